The summed E-state index contributed by atoms with van der Waals surface area (Å²) in [7, 11) is 0. The molecule has 326 valence electrons. The number of esters is 1. The summed E-state index contributed by atoms with van der Waals surface area (Å²) in [5, 5.41) is 15.6. The van der Waals surface area contributed by atoms with Gasteiger partial charge < -0.3 is 39.9 Å². The highest BCUT2D eigenvalue weighted by molar-refractivity contribution is 5.78. The van der Waals surface area contributed by atoms with E-state index in [1.807, 2.05) is 139 Å². The number of hydrogen-bond donors (Lipinski definition) is 5. The largest absolute Gasteiger partial charge is 0.481 e. The number of alkyl carbamates (subject to hydrolysis) is 2. The second-order valence-electron chi connectivity index (χ2n) is 17.5. The first kappa shape index (κ1) is 44.8. The van der Waals surface area contributed by atoms with Crippen LogP contribution in [-0.2, 0) is 55.4 Å². The Morgan fingerprint density at radius 3 is 1.90 bits per heavy atom. The first-order chi connectivity index (χ1) is 29.5. The highest BCUT2D eigenvalue weighted by Crippen LogP contribution is 2.43. The van der Waals surface area contributed by atoms with Gasteiger partial charge in [0.1, 0.15) is 36.0 Å². The van der Waals surface area contributed by atoms with Crippen LogP contribution in [0.5, 0.6) is 0 Å². The van der Waals surface area contributed by atoms with Gasteiger partial charge in [-0.3, -0.25) is 9.59 Å². The average molecular weight is 845 g/mol. The van der Waals surface area contributed by atoms with Crippen molar-refractivity contribution in [2.75, 3.05) is 0 Å². The van der Waals surface area contributed by atoms with Crippen molar-refractivity contribution in [1.82, 2.24) is 30.6 Å². The van der Waals surface area contributed by atoms with Gasteiger partial charge in [0.05, 0.1) is 28.1 Å². The smallest absolute Gasteiger partial charge is 0.408 e. The third-order valence-corrected chi connectivity index (χ3v) is 10.6. The minimum atomic E-state index is -1.20. The molecule has 4 aromatic carbocycles. The summed E-state index contributed by atoms with van der Waals surface area (Å²) in [6, 6.07) is 30.0. The van der Waals surface area contributed by atoms with Crippen molar-refractivity contribution >= 4 is 46.2 Å². The van der Waals surface area contributed by atoms with E-state index >= 15 is 0 Å². The molecular weight excluding hydrogens is 789 g/mol. The summed E-state index contributed by atoms with van der Waals surface area (Å²) in [4.78, 5) is 67.3. The first-order valence-corrected chi connectivity index (χ1v) is 20.8. The standard InChI is InChI=1S/C48H56N6O8/c1-46(2,3)48(26-25-40(55)56,54-45(59)61-30-34-15-11-8-12-16-34)43-51-36-22-20-32(28-39(36)52-43)18-17-31-19-21-35-38(27-31)50-42(49-35)37(23-24-41(57)62-47(4,5)6)53-44(58)60-29-33-13-9-7-10-14-33/h7-16,19-22,27-28,37H,17-18,23-26,29-30H2,1-6H3,(H,49,50)(H,51,52)(H,53,58)(H,54,59)(H,55,56)/t37-,48+/m0/s1. The third-order valence-electron chi connectivity index (χ3n) is 10.6. The van der Waals surface area contributed by atoms with Gasteiger partial charge in [0.15, 0.2) is 0 Å². The zero-order chi connectivity index (χ0) is 44.5. The predicted molar refractivity (Wildman–Crippen MR) is 235 cm³/mol. The lowest BCUT2D eigenvalue weighted by atomic mass is 9.70. The molecule has 14 heteroatoms. The molecule has 0 aliphatic rings. The number of aliphatic carboxylic acids is 1. The number of benzene rings is 4. The van der Waals surface area contributed by atoms with E-state index in [0.29, 0.717) is 35.5 Å². The molecule has 0 spiro atoms. The van der Waals surface area contributed by atoms with Gasteiger partial charge in [-0.15, -0.1) is 0 Å². The Kier molecular flexibility index (Phi) is 14.0. The van der Waals surface area contributed by atoms with Crippen molar-refractivity contribution in [3.05, 3.63) is 131 Å². The number of rotatable bonds is 17. The summed E-state index contributed by atoms with van der Waals surface area (Å²) < 4.78 is 16.6. The number of carboxylic acids is 1. The second kappa shape index (κ2) is 19.3. The molecule has 0 saturated carbocycles. The second-order valence-corrected chi connectivity index (χ2v) is 17.5. The average Bonchev–Trinajstić information content (AvgIpc) is 3.85. The van der Waals surface area contributed by atoms with Crippen LogP contribution in [0.3, 0.4) is 0 Å². The zero-order valence-electron chi connectivity index (χ0n) is 36.2. The maximum absolute atomic E-state index is 13.3. The SMILES string of the molecule is CC(C)(C)OC(=O)CC[C@H](NC(=O)OCc1ccccc1)c1nc2ccc(CCc3ccc4[nH]c([C@@](CCC(=O)O)(NC(=O)OCc5ccccc5)C(C)(C)C)nc4c3)cc2[nH]1. The number of hydrogen-bond acceptors (Lipinski definition) is 9. The van der Waals surface area contributed by atoms with Crippen LogP contribution in [0.15, 0.2) is 97.1 Å². The quantitative estimate of drug-likeness (QED) is 0.0436. The summed E-state index contributed by atoms with van der Waals surface area (Å²) in [6.07, 6.45) is 0.245. The number of fused-ring (bicyclic) bond motifs is 2. The molecule has 0 saturated heterocycles. The van der Waals surface area contributed by atoms with E-state index in [4.69, 9.17) is 24.2 Å². The molecule has 14 nitrogen and oxygen atoms in total. The van der Waals surface area contributed by atoms with Crippen molar-refractivity contribution in [1.29, 1.82) is 0 Å². The van der Waals surface area contributed by atoms with Gasteiger partial charge in [-0.05, 0) is 98.4 Å². The molecule has 62 heavy (non-hydrogen) atoms. The van der Waals surface area contributed by atoms with E-state index in [1.165, 1.54) is 0 Å². The lowest BCUT2D eigenvalue weighted by Crippen LogP contribution is -2.55. The fraction of sp³-hybridized carbons (Fsp3) is 0.375. The summed E-state index contributed by atoms with van der Waals surface area (Å²) in [6.45, 7) is 11.4. The van der Waals surface area contributed by atoms with Gasteiger partial charge in [-0.2, -0.15) is 0 Å². The van der Waals surface area contributed by atoms with Crippen LogP contribution in [0.2, 0.25) is 0 Å². The molecule has 0 bridgehead atoms. The zero-order valence-corrected chi connectivity index (χ0v) is 36.2. The molecule has 0 aliphatic heterocycles. The van der Waals surface area contributed by atoms with Crippen LogP contribution in [0, 0.1) is 5.41 Å². The predicted octanol–water partition coefficient (Wildman–Crippen LogP) is 9.35. The maximum Gasteiger partial charge on any atom is 0.408 e. The minimum Gasteiger partial charge on any atom is -0.481 e. The molecular formula is C48H56N6O8. The molecule has 2 atom stereocenters. The van der Waals surface area contributed by atoms with Gasteiger partial charge in [-0.1, -0.05) is 93.6 Å². The van der Waals surface area contributed by atoms with E-state index in [-0.39, 0.29) is 44.9 Å². The summed E-state index contributed by atoms with van der Waals surface area (Å²) in [5.41, 5.74) is 4.15. The highest BCUT2D eigenvalue weighted by Gasteiger charge is 2.48. The molecule has 2 heterocycles. The number of aryl methyl sites for hydroxylation is 2. The van der Waals surface area contributed by atoms with E-state index in [0.717, 1.165) is 33.3 Å². The first-order valence-electron chi connectivity index (χ1n) is 20.8. The molecule has 0 unspecified atom stereocenters. The molecule has 6 rings (SSSR count). The van der Waals surface area contributed by atoms with Crippen LogP contribution in [0.25, 0.3) is 22.1 Å². The normalized spacial score (nSPS) is 13.3. The molecule has 5 N–H and O–H groups in total. The number of nitrogens with one attached hydrogen (secondary N) is 4. The van der Waals surface area contributed by atoms with Crippen molar-refractivity contribution in [3.63, 3.8) is 0 Å². The van der Waals surface area contributed by atoms with Crippen LogP contribution < -0.4 is 10.6 Å². The van der Waals surface area contributed by atoms with E-state index in [1.54, 1.807) is 0 Å². The maximum atomic E-state index is 13.3. The van der Waals surface area contributed by atoms with Crippen LogP contribution in [0.1, 0.15) is 107 Å². The molecule has 0 aliphatic carbocycles. The van der Waals surface area contributed by atoms with Gasteiger partial charge >= 0.3 is 24.1 Å². The Hall–Kier alpha value is -6.70. The van der Waals surface area contributed by atoms with Crippen molar-refractivity contribution in [2.24, 2.45) is 5.41 Å². The van der Waals surface area contributed by atoms with Gasteiger partial charge in [0.25, 0.3) is 0 Å². The molecule has 0 radical (unpaired) electrons. The minimum absolute atomic E-state index is 0.0579. The lowest BCUT2D eigenvalue weighted by molar-refractivity contribution is -0.155. The van der Waals surface area contributed by atoms with E-state index in [2.05, 4.69) is 20.6 Å². The molecule has 2 amide bonds. The summed E-state index contributed by atoms with van der Waals surface area (Å²) >= 11 is 0. The highest BCUT2D eigenvalue weighted by atomic mass is 16.6. The van der Waals surface area contributed by atoms with Gasteiger partial charge in [0, 0.05) is 12.8 Å². The number of carbonyl (C=O) groups excluding carboxylic acids is 3. The van der Waals surface area contributed by atoms with E-state index < -0.39 is 40.8 Å². The number of aromatic amines is 2. The van der Waals surface area contributed by atoms with E-state index in [9.17, 15) is 24.3 Å². The number of carbonyl (C=O) groups is 4. The fourth-order valence-corrected chi connectivity index (χ4v) is 7.32. The Morgan fingerprint density at radius 1 is 0.677 bits per heavy atom. The third kappa shape index (κ3) is 12.0. The lowest BCUT2D eigenvalue weighted by Gasteiger charge is -2.43. The van der Waals surface area contributed by atoms with Crippen molar-refractivity contribution in [2.45, 2.75) is 110 Å². The number of carboxylic acid groups (broad SMARTS) is 1. The number of nitrogens with zero attached hydrogens (tertiary/aromatic N) is 2. The van der Waals surface area contributed by atoms with Gasteiger partial charge in [0.2, 0.25) is 0 Å². The van der Waals surface area contributed by atoms with Crippen molar-refractivity contribution in [3.8, 4) is 0 Å². The molecule has 2 aromatic heterocycles. The Bertz CT molecular complexity index is 2490. The topological polar surface area (TPSA) is 198 Å². The fourth-order valence-electron chi connectivity index (χ4n) is 7.32. The number of ether oxygens (including phenoxy) is 3. The summed E-state index contributed by atoms with van der Waals surface area (Å²) in [5.74, 6) is -0.438. The van der Waals surface area contributed by atoms with Crippen molar-refractivity contribution < 1.29 is 38.5 Å². The monoisotopic (exact) mass is 844 g/mol. The van der Waals surface area contributed by atoms with Crippen LogP contribution in [0.4, 0.5) is 9.59 Å². The van der Waals surface area contributed by atoms with Gasteiger partial charge in [-0.25, -0.2) is 19.6 Å². The Morgan fingerprint density at radius 2 is 1.29 bits per heavy atom. The number of H-pyrrole nitrogens is 2. The van der Waals surface area contributed by atoms with Crippen LogP contribution in [-0.4, -0.2) is 54.8 Å². The molecule has 0 fully saturated rings. The number of imidazole rings is 2. The number of amides is 2. The van der Waals surface area contributed by atoms with Crippen LogP contribution >= 0.6 is 0 Å². The molecule has 6 aromatic rings. The number of aromatic nitrogens is 4. The Balaban J connectivity index is 1.17. The Labute approximate surface area is 361 Å².